The van der Waals surface area contributed by atoms with Crippen LogP contribution in [0.2, 0.25) is 0 Å². The number of carbonyl (C=O) groups excluding carboxylic acids is 1. The number of aryl methyl sites for hydroxylation is 1. The molecule has 0 saturated carbocycles. The lowest BCUT2D eigenvalue weighted by molar-refractivity contribution is 0.102. The van der Waals surface area contributed by atoms with Crippen LogP contribution in [0.3, 0.4) is 0 Å². The van der Waals surface area contributed by atoms with Crippen LogP contribution in [-0.4, -0.2) is 49.5 Å². The molecule has 0 fully saturated rings. The minimum absolute atomic E-state index is 0.232. The molecule has 0 radical (unpaired) electrons. The zero-order valence-corrected chi connectivity index (χ0v) is 16.5. The largest absolute Gasteiger partial charge is 0.491 e. The first-order chi connectivity index (χ1) is 15.1. The molecule has 0 aliphatic rings. The van der Waals surface area contributed by atoms with Crippen LogP contribution in [0.5, 0.6) is 5.75 Å². The van der Waals surface area contributed by atoms with Crippen molar-refractivity contribution in [1.29, 1.82) is 0 Å². The summed E-state index contributed by atoms with van der Waals surface area (Å²) >= 11 is 0. The highest BCUT2D eigenvalue weighted by Gasteiger charge is 2.14. The Labute approximate surface area is 176 Å². The fraction of sp³-hybridized carbons (Fsp3) is 0.150. The zero-order valence-electron chi connectivity index (χ0n) is 16.5. The van der Waals surface area contributed by atoms with Crippen LogP contribution < -0.4 is 15.4 Å². The lowest BCUT2D eigenvalue weighted by Crippen LogP contribution is -2.14. The molecule has 4 rings (SSSR count). The third-order valence-corrected chi connectivity index (χ3v) is 4.42. The first kappa shape index (κ1) is 20.0. The van der Waals surface area contributed by atoms with Crippen molar-refractivity contribution >= 4 is 17.5 Å². The molecule has 0 aliphatic heterocycles. The molecule has 4 aromatic rings. The van der Waals surface area contributed by atoms with E-state index >= 15 is 0 Å². The number of nitrogens with zero attached hydrogens (tertiary/aromatic N) is 5. The summed E-state index contributed by atoms with van der Waals surface area (Å²) in [4.78, 5) is 12.5. The minimum Gasteiger partial charge on any atom is -0.491 e. The molecule has 158 valence electrons. The number of hydrogen-bond donors (Lipinski definition) is 3. The smallest absolute Gasteiger partial charge is 0.255 e. The molecule has 2 aromatic heterocycles. The average Bonchev–Trinajstić information content (AvgIpc) is 3.43. The Bertz CT molecular complexity index is 1180. The quantitative estimate of drug-likeness (QED) is 0.373. The fourth-order valence-electron chi connectivity index (χ4n) is 2.97. The number of carbonyl (C=O) groups is 1. The van der Waals surface area contributed by atoms with E-state index in [2.05, 4.69) is 36.4 Å². The van der Waals surface area contributed by atoms with Crippen LogP contribution >= 0.6 is 0 Å². The number of tetrazole rings is 1. The summed E-state index contributed by atoms with van der Waals surface area (Å²) in [6.07, 6.45) is 1.68. The summed E-state index contributed by atoms with van der Waals surface area (Å²) in [7, 11) is 1.82. The van der Waals surface area contributed by atoms with Crippen LogP contribution in [0.1, 0.15) is 10.4 Å². The molecule has 0 atom stereocenters. The number of hydrogen-bond acceptors (Lipinski definition) is 7. The number of benzene rings is 2. The molecular formula is C20H19FN8O2. The van der Waals surface area contributed by atoms with Crippen molar-refractivity contribution in [2.45, 2.75) is 0 Å². The van der Waals surface area contributed by atoms with Crippen molar-refractivity contribution in [2.24, 2.45) is 7.05 Å². The van der Waals surface area contributed by atoms with Gasteiger partial charge in [0.15, 0.2) is 0 Å². The van der Waals surface area contributed by atoms with E-state index in [1.807, 2.05) is 13.1 Å². The molecule has 3 N–H and O–H groups in total. The fourth-order valence-corrected chi connectivity index (χ4v) is 2.97. The lowest BCUT2D eigenvalue weighted by Gasteiger charge is -2.14. The van der Waals surface area contributed by atoms with E-state index in [-0.39, 0.29) is 5.56 Å². The van der Waals surface area contributed by atoms with E-state index in [4.69, 9.17) is 4.74 Å². The number of aromatic nitrogens is 6. The maximum absolute atomic E-state index is 13.4. The highest BCUT2D eigenvalue weighted by molar-refractivity contribution is 6.04. The molecule has 0 unspecified atom stereocenters. The number of aromatic amines is 1. The summed E-state index contributed by atoms with van der Waals surface area (Å²) in [5.41, 5.74) is 2.33. The summed E-state index contributed by atoms with van der Waals surface area (Å²) in [5, 5.41) is 23.3. The number of halogens is 1. The second kappa shape index (κ2) is 9.03. The van der Waals surface area contributed by atoms with Crippen LogP contribution in [0.15, 0.2) is 54.7 Å². The molecule has 11 heteroatoms. The van der Waals surface area contributed by atoms with Crippen LogP contribution in [0, 0.1) is 5.82 Å². The van der Waals surface area contributed by atoms with Gasteiger partial charge in [0.2, 0.25) is 5.95 Å². The number of ether oxygens (including phenoxy) is 1. The Morgan fingerprint density at radius 3 is 2.87 bits per heavy atom. The van der Waals surface area contributed by atoms with Crippen molar-refractivity contribution in [1.82, 2.24) is 30.4 Å². The summed E-state index contributed by atoms with van der Waals surface area (Å²) < 4.78 is 21.1. The zero-order chi connectivity index (χ0) is 21.6. The van der Waals surface area contributed by atoms with Gasteiger partial charge >= 0.3 is 0 Å². The second-order valence-electron chi connectivity index (χ2n) is 6.54. The number of H-pyrrole nitrogens is 1. The summed E-state index contributed by atoms with van der Waals surface area (Å²) in [5.74, 6) is 0.186. The Morgan fingerprint density at radius 1 is 1.23 bits per heavy atom. The van der Waals surface area contributed by atoms with Crippen LogP contribution in [-0.2, 0) is 7.05 Å². The van der Waals surface area contributed by atoms with Crippen molar-refractivity contribution in [3.05, 3.63) is 66.1 Å². The summed E-state index contributed by atoms with van der Waals surface area (Å²) in [6.45, 7) is 0.820. The molecule has 1 amide bonds. The Kier molecular flexibility index (Phi) is 5.83. The van der Waals surface area contributed by atoms with Crippen molar-refractivity contribution in [3.8, 4) is 17.0 Å². The third kappa shape index (κ3) is 4.83. The normalized spacial score (nSPS) is 10.6. The highest BCUT2D eigenvalue weighted by Crippen LogP contribution is 2.32. The molecule has 31 heavy (non-hydrogen) atoms. The van der Waals surface area contributed by atoms with E-state index in [0.29, 0.717) is 30.5 Å². The third-order valence-electron chi connectivity index (χ3n) is 4.42. The van der Waals surface area contributed by atoms with Gasteiger partial charge in [-0.25, -0.2) is 9.49 Å². The van der Waals surface area contributed by atoms with Gasteiger partial charge in [0.05, 0.1) is 12.2 Å². The highest BCUT2D eigenvalue weighted by atomic mass is 19.1. The Morgan fingerprint density at radius 2 is 2.13 bits per heavy atom. The molecule has 0 bridgehead atoms. The molecule has 2 heterocycles. The molecule has 0 aliphatic carbocycles. The van der Waals surface area contributed by atoms with Crippen molar-refractivity contribution in [2.75, 3.05) is 23.8 Å². The van der Waals surface area contributed by atoms with E-state index in [1.54, 1.807) is 35.1 Å². The Hall–Kier alpha value is -4.28. The standard InChI is InChI=1S/C20H19FN8O2/c1-29-17(7-8-23-29)16-12-15(24-19(30)13-3-2-4-14(21)11-13)5-6-18(16)31-10-9-22-20-25-27-28-26-20/h2-8,11-12H,9-10H2,1H3,(H,24,30)(H2,22,25,26,27,28). The lowest BCUT2D eigenvalue weighted by atomic mass is 10.1. The average molecular weight is 422 g/mol. The molecular weight excluding hydrogens is 403 g/mol. The monoisotopic (exact) mass is 422 g/mol. The van der Waals surface area contributed by atoms with Gasteiger partial charge in [0.25, 0.3) is 5.91 Å². The van der Waals surface area contributed by atoms with E-state index in [9.17, 15) is 9.18 Å². The van der Waals surface area contributed by atoms with Crippen molar-refractivity contribution < 1.29 is 13.9 Å². The van der Waals surface area contributed by atoms with Gasteiger partial charge in [0, 0.05) is 30.1 Å². The predicted molar refractivity (Wildman–Crippen MR) is 111 cm³/mol. The van der Waals surface area contributed by atoms with E-state index in [1.165, 1.54) is 18.2 Å². The van der Waals surface area contributed by atoms with Crippen molar-refractivity contribution in [3.63, 3.8) is 0 Å². The maximum Gasteiger partial charge on any atom is 0.255 e. The van der Waals surface area contributed by atoms with Gasteiger partial charge in [-0.1, -0.05) is 11.2 Å². The van der Waals surface area contributed by atoms with Gasteiger partial charge in [0.1, 0.15) is 18.2 Å². The van der Waals surface area contributed by atoms with Gasteiger partial charge in [-0.3, -0.25) is 9.48 Å². The molecule has 2 aromatic carbocycles. The van der Waals surface area contributed by atoms with Gasteiger partial charge in [-0.2, -0.15) is 5.10 Å². The van der Waals surface area contributed by atoms with E-state index in [0.717, 1.165) is 11.3 Å². The minimum atomic E-state index is -0.471. The number of nitrogens with one attached hydrogen (secondary N) is 3. The topological polar surface area (TPSA) is 123 Å². The van der Waals surface area contributed by atoms with Gasteiger partial charge in [-0.15, -0.1) is 0 Å². The van der Waals surface area contributed by atoms with Crippen LogP contribution in [0.4, 0.5) is 16.0 Å². The van der Waals surface area contributed by atoms with Gasteiger partial charge < -0.3 is 15.4 Å². The molecule has 0 saturated heterocycles. The number of rotatable bonds is 8. The predicted octanol–water partition coefficient (Wildman–Crippen LogP) is 2.48. The molecule has 0 spiro atoms. The first-order valence-corrected chi connectivity index (χ1v) is 9.40. The SMILES string of the molecule is Cn1nccc1-c1cc(NC(=O)c2cccc(F)c2)ccc1OCCNc1nnn[nH]1. The number of amides is 1. The number of anilines is 2. The first-order valence-electron chi connectivity index (χ1n) is 9.40. The summed E-state index contributed by atoms with van der Waals surface area (Å²) in [6, 6.07) is 12.6. The van der Waals surface area contributed by atoms with E-state index < -0.39 is 11.7 Å². The Balaban J connectivity index is 1.51. The maximum atomic E-state index is 13.4. The molecule has 10 nitrogen and oxygen atoms in total. The van der Waals surface area contributed by atoms with Gasteiger partial charge in [-0.05, 0) is 52.9 Å². The van der Waals surface area contributed by atoms with Crippen LogP contribution in [0.25, 0.3) is 11.3 Å². The second-order valence-corrected chi connectivity index (χ2v) is 6.54.